The van der Waals surface area contributed by atoms with Crippen LogP contribution in [0, 0.1) is 12.8 Å². The Morgan fingerprint density at radius 2 is 1.78 bits per heavy atom. The molecule has 2 amide bonds. The molecule has 2 N–H and O–H groups in total. The fourth-order valence-electron chi connectivity index (χ4n) is 4.26. The molecule has 0 bridgehead atoms. The predicted octanol–water partition coefficient (Wildman–Crippen LogP) is 6.49. The smallest absolute Gasteiger partial charge is 0.320 e. The van der Waals surface area contributed by atoms with Gasteiger partial charge in [-0.2, -0.15) is 0 Å². The highest BCUT2D eigenvalue weighted by Crippen LogP contribution is 2.20. The zero-order valence-corrected chi connectivity index (χ0v) is 19.8. The molecule has 1 aliphatic heterocycles. The first-order valence-electron chi connectivity index (χ1n) is 12.2. The van der Waals surface area contributed by atoms with Gasteiger partial charge in [-0.05, 0) is 69.3 Å². The van der Waals surface area contributed by atoms with Gasteiger partial charge < -0.3 is 15.5 Å². The number of amides is 2. The summed E-state index contributed by atoms with van der Waals surface area (Å²) >= 11 is 0. The highest BCUT2D eigenvalue weighted by Gasteiger charge is 2.22. The molecule has 3 rings (SSSR count). The fraction of sp³-hybridized carbons (Fsp3) is 0.464. The van der Waals surface area contributed by atoms with Gasteiger partial charge in [0.1, 0.15) is 0 Å². The van der Waals surface area contributed by atoms with E-state index < -0.39 is 0 Å². The summed E-state index contributed by atoms with van der Waals surface area (Å²) in [6.07, 6.45) is 9.15. The minimum atomic E-state index is 0.00170. The number of nitrogens with one attached hydrogen (secondary N) is 2. The first kappa shape index (κ1) is 24.1. The average Bonchev–Trinajstić information content (AvgIpc) is 2.81. The Labute approximate surface area is 194 Å². The van der Waals surface area contributed by atoms with E-state index in [1.807, 2.05) is 35.2 Å². The van der Waals surface area contributed by atoms with Crippen molar-refractivity contribution in [2.45, 2.75) is 52.4 Å². The Hall–Kier alpha value is -2.59. The molecular weight excluding hydrogens is 394 g/mol. The summed E-state index contributed by atoms with van der Waals surface area (Å²) in [5.74, 6) is 0.550. The van der Waals surface area contributed by atoms with Crippen LogP contribution in [0.2, 0.25) is 0 Å². The van der Waals surface area contributed by atoms with Gasteiger partial charge in [0, 0.05) is 18.8 Å². The number of rotatable bonds is 10. The molecule has 0 aliphatic carbocycles. The number of urea groups is 1. The second kappa shape index (κ2) is 13.1. The van der Waals surface area contributed by atoms with Gasteiger partial charge in [0.25, 0.3) is 0 Å². The van der Waals surface area contributed by atoms with E-state index in [2.05, 4.69) is 54.8 Å². The summed E-state index contributed by atoms with van der Waals surface area (Å²) in [4.78, 5) is 15.4. The minimum Gasteiger partial charge on any atom is -0.320 e. The van der Waals surface area contributed by atoms with E-state index in [9.17, 15) is 4.79 Å². The molecule has 0 spiro atoms. The Morgan fingerprint density at radius 3 is 2.47 bits per heavy atom. The van der Waals surface area contributed by atoms with Crippen molar-refractivity contribution in [2.24, 2.45) is 5.92 Å². The molecule has 0 radical (unpaired) electrons. The van der Waals surface area contributed by atoms with E-state index in [0.29, 0.717) is 12.5 Å². The summed E-state index contributed by atoms with van der Waals surface area (Å²) in [5, 5.41) is 6.58. The van der Waals surface area contributed by atoms with E-state index in [-0.39, 0.29) is 6.03 Å². The van der Waals surface area contributed by atoms with Crippen molar-refractivity contribution in [1.82, 2.24) is 10.2 Å². The molecule has 2 aromatic rings. The number of anilines is 1. The van der Waals surface area contributed by atoms with Gasteiger partial charge in [-0.25, -0.2) is 4.79 Å². The number of nitrogens with zero attached hydrogens (tertiary/aromatic N) is 1. The van der Waals surface area contributed by atoms with Gasteiger partial charge in [0.2, 0.25) is 0 Å². The number of piperidine rings is 1. The number of unbranched alkanes of at least 4 members (excludes halogenated alkanes) is 2. The molecule has 4 heteroatoms. The van der Waals surface area contributed by atoms with Crippen LogP contribution in [0.5, 0.6) is 0 Å². The fourth-order valence-corrected chi connectivity index (χ4v) is 4.26. The average molecular weight is 434 g/mol. The predicted molar refractivity (Wildman–Crippen MR) is 136 cm³/mol. The van der Waals surface area contributed by atoms with Crippen LogP contribution in [0.15, 0.2) is 60.2 Å². The molecule has 172 valence electrons. The molecule has 0 aromatic heterocycles. The maximum absolute atomic E-state index is 13.4. The first-order valence-corrected chi connectivity index (χ1v) is 12.2. The monoisotopic (exact) mass is 433 g/mol. The standard InChI is InChI=1S/C28H39N3O/c1-3-4-6-11-26(20-24-9-7-5-8-10-24)22-31(21-25-16-18-29-19-17-25)28(32)30-27-14-12-23(2)13-15-27/h5,7-10,12-15,20,25,29H,3-4,6,11,16-19,21-22H2,1-2H3,(H,30,32). The van der Waals surface area contributed by atoms with Crippen molar-refractivity contribution in [3.05, 3.63) is 71.3 Å². The van der Waals surface area contributed by atoms with E-state index in [1.54, 1.807) is 0 Å². The van der Waals surface area contributed by atoms with Gasteiger partial charge in [-0.15, -0.1) is 0 Å². The highest BCUT2D eigenvalue weighted by molar-refractivity contribution is 5.89. The van der Waals surface area contributed by atoms with E-state index >= 15 is 0 Å². The third kappa shape index (κ3) is 8.16. The van der Waals surface area contributed by atoms with Crippen LogP contribution in [0.4, 0.5) is 10.5 Å². The van der Waals surface area contributed by atoms with Crippen molar-refractivity contribution >= 4 is 17.8 Å². The number of hydrogen-bond acceptors (Lipinski definition) is 2. The van der Waals surface area contributed by atoms with Crippen molar-refractivity contribution in [2.75, 3.05) is 31.5 Å². The molecular formula is C28H39N3O. The number of carbonyl (C=O) groups excluding carboxylic acids is 1. The Morgan fingerprint density at radius 1 is 1.06 bits per heavy atom. The van der Waals surface area contributed by atoms with Crippen LogP contribution in [0.1, 0.15) is 56.6 Å². The Kier molecular flexibility index (Phi) is 9.83. The quantitative estimate of drug-likeness (QED) is 0.421. The van der Waals surface area contributed by atoms with Gasteiger partial charge in [0.15, 0.2) is 0 Å². The van der Waals surface area contributed by atoms with Crippen LogP contribution in [-0.2, 0) is 0 Å². The largest absolute Gasteiger partial charge is 0.322 e. The number of benzene rings is 2. The third-order valence-corrected chi connectivity index (χ3v) is 6.19. The van der Waals surface area contributed by atoms with Crippen LogP contribution >= 0.6 is 0 Å². The molecule has 32 heavy (non-hydrogen) atoms. The SMILES string of the molecule is CCCCCC(=Cc1ccccc1)CN(CC1CCNCC1)C(=O)Nc1ccc(C)cc1. The maximum Gasteiger partial charge on any atom is 0.322 e. The van der Waals surface area contributed by atoms with Crippen LogP contribution in [0.3, 0.4) is 0 Å². The van der Waals surface area contributed by atoms with Crippen LogP contribution < -0.4 is 10.6 Å². The first-order chi connectivity index (χ1) is 15.6. The lowest BCUT2D eigenvalue weighted by molar-refractivity contribution is 0.197. The van der Waals surface area contributed by atoms with Crippen LogP contribution in [-0.4, -0.2) is 37.1 Å². The molecule has 1 fully saturated rings. The zero-order valence-electron chi connectivity index (χ0n) is 19.8. The summed E-state index contributed by atoms with van der Waals surface area (Å²) in [6.45, 7) is 7.87. The highest BCUT2D eigenvalue weighted by atomic mass is 16.2. The lowest BCUT2D eigenvalue weighted by atomic mass is 9.97. The molecule has 0 saturated carbocycles. The lowest BCUT2D eigenvalue weighted by Crippen LogP contribution is -2.42. The van der Waals surface area contributed by atoms with Crippen molar-refractivity contribution in [3.63, 3.8) is 0 Å². The summed E-state index contributed by atoms with van der Waals surface area (Å²) < 4.78 is 0. The molecule has 0 unspecified atom stereocenters. The van der Waals surface area contributed by atoms with Gasteiger partial charge >= 0.3 is 6.03 Å². The van der Waals surface area contributed by atoms with Gasteiger partial charge in [-0.1, -0.05) is 79.4 Å². The zero-order chi connectivity index (χ0) is 22.6. The van der Waals surface area contributed by atoms with Crippen molar-refractivity contribution in [1.29, 1.82) is 0 Å². The second-order valence-electron chi connectivity index (χ2n) is 9.04. The number of carbonyl (C=O) groups is 1. The summed E-state index contributed by atoms with van der Waals surface area (Å²) in [6, 6.07) is 18.5. The molecule has 1 heterocycles. The molecule has 2 aromatic carbocycles. The second-order valence-corrected chi connectivity index (χ2v) is 9.04. The van der Waals surface area contributed by atoms with Gasteiger partial charge in [0.05, 0.1) is 0 Å². The summed E-state index contributed by atoms with van der Waals surface area (Å²) in [7, 11) is 0. The van der Waals surface area contributed by atoms with Crippen molar-refractivity contribution in [3.8, 4) is 0 Å². The maximum atomic E-state index is 13.4. The summed E-state index contributed by atoms with van der Waals surface area (Å²) in [5.41, 5.74) is 4.59. The van der Waals surface area contributed by atoms with E-state index in [1.165, 1.54) is 29.5 Å². The van der Waals surface area contributed by atoms with Crippen molar-refractivity contribution < 1.29 is 4.79 Å². The Balaban J connectivity index is 1.77. The topological polar surface area (TPSA) is 44.4 Å². The van der Waals surface area contributed by atoms with Gasteiger partial charge in [-0.3, -0.25) is 0 Å². The minimum absolute atomic E-state index is 0.00170. The van der Waals surface area contributed by atoms with Crippen LogP contribution in [0.25, 0.3) is 6.08 Å². The normalized spacial score (nSPS) is 14.9. The molecule has 1 aliphatic rings. The molecule has 0 atom stereocenters. The lowest BCUT2D eigenvalue weighted by Gasteiger charge is -2.31. The van der Waals surface area contributed by atoms with E-state index in [0.717, 1.165) is 51.0 Å². The molecule has 1 saturated heterocycles. The Bertz CT molecular complexity index is 839. The van der Waals surface area contributed by atoms with E-state index in [4.69, 9.17) is 0 Å². The number of aryl methyl sites for hydroxylation is 1. The number of hydrogen-bond donors (Lipinski definition) is 2. The molecule has 4 nitrogen and oxygen atoms in total. The third-order valence-electron chi connectivity index (χ3n) is 6.19.